The van der Waals surface area contributed by atoms with Gasteiger partial charge in [-0.25, -0.2) is 9.97 Å². The lowest BCUT2D eigenvalue weighted by Gasteiger charge is -2.40. The molecule has 3 aromatic rings. The van der Waals surface area contributed by atoms with Crippen LogP contribution in [0.3, 0.4) is 0 Å². The molecule has 30 heavy (non-hydrogen) atoms. The molecule has 2 fully saturated rings. The first kappa shape index (κ1) is 18.9. The number of primary amides is 1. The lowest BCUT2D eigenvalue weighted by molar-refractivity contribution is -0.119. The van der Waals surface area contributed by atoms with Crippen molar-refractivity contribution in [3.05, 3.63) is 43.0 Å². The predicted molar refractivity (Wildman–Crippen MR) is 115 cm³/mol. The van der Waals surface area contributed by atoms with Crippen LogP contribution in [-0.4, -0.2) is 63.5 Å². The third-order valence-electron chi connectivity index (χ3n) is 6.44. The van der Waals surface area contributed by atoms with Gasteiger partial charge in [0.25, 0.3) is 0 Å². The third-order valence-corrected chi connectivity index (χ3v) is 6.44. The second-order valence-corrected chi connectivity index (χ2v) is 8.41. The Hall–Kier alpha value is -3.13. The van der Waals surface area contributed by atoms with Gasteiger partial charge in [-0.1, -0.05) is 0 Å². The fraction of sp³-hybridized carbons (Fsp3) is 0.409. The van der Waals surface area contributed by atoms with Crippen LogP contribution in [0, 0.1) is 5.41 Å². The van der Waals surface area contributed by atoms with Gasteiger partial charge in [0.2, 0.25) is 5.91 Å². The van der Waals surface area contributed by atoms with Gasteiger partial charge in [0.1, 0.15) is 5.82 Å². The summed E-state index contributed by atoms with van der Waals surface area (Å²) in [4.78, 5) is 33.9. The number of hydrogen-bond acceptors (Lipinski definition) is 7. The van der Waals surface area contributed by atoms with Crippen LogP contribution >= 0.6 is 0 Å². The van der Waals surface area contributed by atoms with Gasteiger partial charge < -0.3 is 10.6 Å². The standard InChI is InChI=1S/C22H25N7O/c23-19(30)14-28-10-4-22(15-28)5-11-29(12-6-22)21-17-3-9-25-13-18(17)26-20(27-21)16-1-7-24-8-2-16/h1-3,7-9,13H,4-6,10-12,14-15H2,(H2,23,30). The Kier molecular flexibility index (Phi) is 4.78. The normalized spacial score (nSPS) is 18.9. The molecule has 8 nitrogen and oxygen atoms in total. The number of rotatable bonds is 4. The van der Waals surface area contributed by atoms with Crippen LogP contribution in [0.4, 0.5) is 5.82 Å². The van der Waals surface area contributed by atoms with Crippen LogP contribution in [0.2, 0.25) is 0 Å². The predicted octanol–water partition coefficient (Wildman–Crippen LogP) is 1.86. The van der Waals surface area contributed by atoms with E-state index in [9.17, 15) is 4.79 Å². The number of nitrogens with two attached hydrogens (primary N) is 1. The van der Waals surface area contributed by atoms with Gasteiger partial charge in [0.15, 0.2) is 5.82 Å². The number of hydrogen-bond donors (Lipinski definition) is 1. The summed E-state index contributed by atoms with van der Waals surface area (Å²) in [7, 11) is 0. The van der Waals surface area contributed by atoms with E-state index in [4.69, 9.17) is 15.7 Å². The number of carbonyl (C=O) groups excluding carboxylic acids is 1. The van der Waals surface area contributed by atoms with Crippen LogP contribution in [0.15, 0.2) is 43.0 Å². The Morgan fingerprint density at radius 1 is 1.00 bits per heavy atom. The fourth-order valence-corrected chi connectivity index (χ4v) is 4.82. The number of anilines is 1. The average Bonchev–Trinajstić information content (AvgIpc) is 3.15. The number of pyridine rings is 2. The monoisotopic (exact) mass is 403 g/mol. The molecule has 2 aliphatic rings. The minimum absolute atomic E-state index is 0.241. The molecule has 2 saturated heterocycles. The van der Waals surface area contributed by atoms with E-state index < -0.39 is 0 Å². The molecule has 1 amide bonds. The van der Waals surface area contributed by atoms with E-state index in [1.54, 1.807) is 24.8 Å². The highest BCUT2D eigenvalue weighted by Crippen LogP contribution is 2.41. The van der Waals surface area contributed by atoms with Gasteiger partial charge in [-0.15, -0.1) is 0 Å². The zero-order valence-electron chi connectivity index (χ0n) is 16.9. The second kappa shape index (κ2) is 7.60. The van der Waals surface area contributed by atoms with Gasteiger partial charge in [-0.2, -0.15) is 0 Å². The molecule has 0 bridgehead atoms. The van der Waals surface area contributed by atoms with E-state index in [1.807, 2.05) is 18.2 Å². The summed E-state index contributed by atoms with van der Waals surface area (Å²) in [5, 5.41) is 1.03. The minimum atomic E-state index is -0.241. The molecule has 0 saturated carbocycles. The van der Waals surface area contributed by atoms with Crippen LogP contribution in [0.25, 0.3) is 22.3 Å². The minimum Gasteiger partial charge on any atom is -0.369 e. The van der Waals surface area contributed by atoms with Crippen LogP contribution in [0.1, 0.15) is 19.3 Å². The molecule has 3 aromatic heterocycles. The van der Waals surface area contributed by atoms with Crippen LogP contribution < -0.4 is 10.6 Å². The number of carbonyl (C=O) groups is 1. The quantitative estimate of drug-likeness (QED) is 0.709. The summed E-state index contributed by atoms with van der Waals surface area (Å²) in [5.41, 5.74) is 7.47. The van der Waals surface area contributed by atoms with E-state index >= 15 is 0 Å². The van der Waals surface area contributed by atoms with Crippen molar-refractivity contribution in [3.63, 3.8) is 0 Å². The molecular weight excluding hydrogens is 378 g/mol. The molecule has 154 valence electrons. The number of likely N-dealkylation sites (tertiary alicyclic amines) is 1. The van der Waals surface area contributed by atoms with Crippen molar-refractivity contribution in [1.82, 2.24) is 24.8 Å². The van der Waals surface area contributed by atoms with Crippen molar-refractivity contribution in [1.29, 1.82) is 0 Å². The first-order valence-electron chi connectivity index (χ1n) is 10.4. The van der Waals surface area contributed by atoms with Crippen LogP contribution in [0.5, 0.6) is 0 Å². The van der Waals surface area contributed by atoms with Crippen LogP contribution in [-0.2, 0) is 4.79 Å². The Labute approximate surface area is 175 Å². The first-order valence-corrected chi connectivity index (χ1v) is 10.4. The number of fused-ring (bicyclic) bond motifs is 1. The molecule has 8 heteroatoms. The van der Waals surface area contributed by atoms with Gasteiger partial charge in [-0.05, 0) is 49.4 Å². The first-order chi connectivity index (χ1) is 14.6. The van der Waals surface area contributed by atoms with E-state index in [0.717, 1.165) is 67.7 Å². The van der Waals surface area contributed by atoms with Crippen molar-refractivity contribution >= 4 is 22.6 Å². The molecule has 0 atom stereocenters. The highest BCUT2D eigenvalue weighted by atomic mass is 16.1. The SMILES string of the molecule is NC(=O)CN1CCC2(CCN(c3nc(-c4ccncc4)nc4cnccc34)CC2)C1. The maximum absolute atomic E-state index is 11.3. The number of amides is 1. The molecule has 0 aliphatic carbocycles. The molecule has 5 heterocycles. The second-order valence-electron chi connectivity index (χ2n) is 8.41. The lowest BCUT2D eigenvalue weighted by Crippen LogP contribution is -2.42. The van der Waals surface area contributed by atoms with Crippen molar-refractivity contribution in [2.24, 2.45) is 11.1 Å². The highest BCUT2D eigenvalue weighted by Gasteiger charge is 2.41. The van der Waals surface area contributed by atoms with E-state index in [1.165, 1.54) is 0 Å². The van der Waals surface area contributed by atoms with Gasteiger partial charge in [0, 0.05) is 49.2 Å². The molecule has 0 aromatic carbocycles. The lowest BCUT2D eigenvalue weighted by atomic mass is 9.78. The summed E-state index contributed by atoms with van der Waals surface area (Å²) in [6.45, 7) is 4.16. The molecule has 2 N–H and O–H groups in total. The van der Waals surface area contributed by atoms with E-state index in [2.05, 4.69) is 19.8 Å². The Bertz CT molecular complexity index is 1060. The number of aromatic nitrogens is 4. The zero-order chi connectivity index (χ0) is 20.6. The van der Waals surface area contributed by atoms with Gasteiger partial charge >= 0.3 is 0 Å². The molecule has 0 unspecified atom stereocenters. The van der Waals surface area contributed by atoms with Gasteiger partial charge in [0.05, 0.1) is 18.3 Å². The smallest absolute Gasteiger partial charge is 0.231 e. The molecule has 2 aliphatic heterocycles. The Morgan fingerprint density at radius 3 is 2.50 bits per heavy atom. The molecule has 0 radical (unpaired) electrons. The number of nitrogens with zero attached hydrogens (tertiary/aromatic N) is 6. The largest absolute Gasteiger partial charge is 0.369 e. The fourth-order valence-electron chi connectivity index (χ4n) is 4.82. The van der Waals surface area contributed by atoms with Crippen molar-refractivity contribution < 1.29 is 4.79 Å². The molecule has 1 spiro atoms. The maximum Gasteiger partial charge on any atom is 0.231 e. The van der Waals surface area contributed by atoms with E-state index in [-0.39, 0.29) is 11.3 Å². The third kappa shape index (κ3) is 3.59. The van der Waals surface area contributed by atoms with E-state index in [0.29, 0.717) is 12.4 Å². The topological polar surface area (TPSA) is 101 Å². The van der Waals surface area contributed by atoms with Crippen molar-refractivity contribution in [2.45, 2.75) is 19.3 Å². The number of piperidine rings is 1. The Morgan fingerprint density at radius 2 is 1.73 bits per heavy atom. The van der Waals surface area contributed by atoms with Crippen molar-refractivity contribution in [2.75, 3.05) is 37.6 Å². The molecule has 5 rings (SSSR count). The summed E-state index contributed by atoms with van der Waals surface area (Å²) < 4.78 is 0. The van der Waals surface area contributed by atoms with Crippen molar-refractivity contribution in [3.8, 4) is 11.4 Å². The maximum atomic E-state index is 11.3. The Balaban J connectivity index is 1.41. The zero-order valence-corrected chi connectivity index (χ0v) is 16.9. The summed E-state index contributed by atoms with van der Waals surface area (Å²) in [6, 6.07) is 5.85. The molecular formula is C22H25N7O. The average molecular weight is 403 g/mol. The summed E-state index contributed by atoms with van der Waals surface area (Å²) in [6.07, 6.45) is 10.4. The summed E-state index contributed by atoms with van der Waals surface area (Å²) >= 11 is 0. The highest BCUT2D eigenvalue weighted by molar-refractivity contribution is 5.90. The summed E-state index contributed by atoms with van der Waals surface area (Å²) in [5.74, 6) is 1.42. The van der Waals surface area contributed by atoms with Gasteiger partial charge in [-0.3, -0.25) is 19.7 Å².